The number of nitrogens with zero attached hydrogens (tertiary/aromatic N) is 1. The minimum Gasteiger partial charge on any atom is -0.497 e. The Bertz CT molecular complexity index is 887. The Morgan fingerprint density at radius 2 is 1.97 bits per heavy atom. The molecule has 156 valence electrons. The molecule has 29 heavy (non-hydrogen) atoms. The maximum Gasteiger partial charge on any atom is 0.273 e. The van der Waals surface area contributed by atoms with Crippen LogP contribution in [0.2, 0.25) is 0 Å². The second kappa shape index (κ2) is 10.2. The van der Waals surface area contributed by atoms with Crippen LogP contribution in [0.4, 0.5) is 5.88 Å². The number of aliphatic hydroxyl groups is 1. The van der Waals surface area contributed by atoms with Gasteiger partial charge < -0.3 is 31.2 Å². The number of anilines is 1. The zero-order chi connectivity index (χ0) is 21.4. The number of aliphatic hydroxyl groups excluding tert-OH is 1. The monoisotopic (exact) mass is 401 g/mol. The van der Waals surface area contributed by atoms with Gasteiger partial charge in [-0.2, -0.15) is 0 Å². The van der Waals surface area contributed by atoms with E-state index in [1.54, 1.807) is 21.0 Å². The summed E-state index contributed by atoms with van der Waals surface area (Å²) in [6.45, 7) is 3.53. The first-order valence-electron chi connectivity index (χ1n) is 9.04. The van der Waals surface area contributed by atoms with Crippen molar-refractivity contribution in [2.45, 2.75) is 26.3 Å². The summed E-state index contributed by atoms with van der Waals surface area (Å²) in [7, 11) is 1.59. The van der Waals surface area contributed by atoms with Gasteiger partial charge in [-0.25, -0.2) is 0 Å². The molecular weight excluding hydrogens is 374 g/mol. The quantitative estimate of drug-likeness (QED) is 0.314. The smallest absolute Gasteiger partial charge is 0.273 e. The number of allylic oxidation sites excluding steroid dienone is 2. The number of amides is 1. The Labute approximate surface area is 169 Å². The summed E-state index contributed by atoms with van der Waals surface area (Å²) in [4.78, 5) is 12.2. The second-order valence-corrected chi connectivity index (χ2v) is 6.40. The standard InChI is InChI=1S/C20H27N5O4/c1-12-13(2)25-29-20(12)24-19(27)16(21)8-9-18(22)23-17(10-11-26)14-4-6-15(28-3)7-5-14/h4-9,17,23,26H,10-11,21-22H2,1-3H3,(H,24,27)/b16-8-,18-9+. The molecule has 2 rings (SSSR count). The van der Waals surface area contributed by atoms with Crippen molar-refractivity contribution in [1.82, 2.24) is 10.5 Å². The lowest BCUT2D eigenvalue weighted by Crippen LogP contribution is -2.26. The van der Waals surface area contributed by atoms with E-state index in [9.17, 15) is 9.90 Å². The van der Waals surface area contributed by atoms with Crippen molar-refractivity contribution in [3.63, 3.8) is 0 Å². The van der Waals surface area contributed by atoms with Crippen LogP contribution >= 0.6 is 0 Å². The molecule has 0 radical (unpaired) electrons. The number of methoxy groups -OCH3 is 1. The number of benzene rings is 1. The van der Waals surface area contributed by atoms with Gasteiger partial charge in [0.15, 0.2) is 0 Å². The van der Waals surface area contributed by atoms with Gasteiger partial charge in [0.25, 0.3) is 5.91 Å². The molecule has 0 aliphatic heterocycles. The van der Waals surface area contributed by atoms with Crippen molar-refractivity contribution in [3.8, 4) is 5.75 Å². The first-order valence-corrected chi connectivity index (χ1v) is 9.04. The second-order valence-electron chi connectivity index (χ2n) is 6.40. The molecule has 0 fully saturated rings. The molecule has 0 spiro atoms. The zero-order valence-electron chi connectivity index (χ0n) is 16.7. The number of aromatic nitrogens is 1. The summed E-state index contributed by atoms with van der Waals surface area (Å²) in [6, 6.07) is 7.22. The summed E-state index contributed by atoms with van der Waals surface area (Å²) in [5.41, 5.74) is 14.1. The van der Waals surface area contributed by atoms with E-state index in [1.165, 1.54) is 12.2 Å². The summed E-state index contributed by atoms with van der Waals surface area (Å²) in [6.07, 6.45) is 3.33. The fraction of sp³-hybridized carbons (Fsp3) is 0.300. The number of rotatable bonds is 9. The molecule has 0 aliphatic rings. The van der Waals surface area contributed by atoms with Crippen molar-refractivity contribution in [1.29, 1.82) is 0 Å². The maximum atomic E-state index is 12.2. The normalized spacial score (nSPS) is 13.1. The third-order valence-electron chi connectivity index (χ3n) is 4.37. The number of hydrogen-bond acceptors (Lipinski definition) is 8. The fourth-order valence-corrected chi connectivity index (χ4v) is 2.50. The van der Waals surface area contributed by atoms with Crippen molar-refractivity contribution in [2.24, 2.45) is 11.5 Å². The maximum absolute atomic E-state index is 12.2. The van der Waals surface area contributed by atoms with Gasteiger partial charge in [0.2, 0.25) is 5.88 Å². The average Bonchev–Trinajstić information content (AvgIpc) is 3.03. The van der Waals surface area contributed by atoms with Gasteiger partial charge in [0.05, 0.1) is 30.4 Å². The molecule has 0 aliphatic carbocycles. The largest absolute Gasteiger partial charge is 0.497 e. The molecule has 1 aromatic carbocycles. The molecule has 1 atom stereocenters. The third-order valence-corrected chi connectivity index (χ3v) is 4.37. The Hall–Kier alpha value is -3.46. The zero-order valence-corrected chi connectivity index (χ0v) is 16.7. The molecule has 9 nitrogen and oxygen atoms in total. The van der Waals surface area contributed by atoms with Crippen molar-refractivity contribution in [3.05, 3.63) is 64.8 Å². The van der Waals surface area contributed by atoms with Crippen LogP contribution in [0.5, 0.6) is 5.75 Å². The minimum absolute atomic E-state index is 0.0205. The van der Waals surface area contributed by atoms with Gasteiger partial charge >= 0.3 is 0 Å². The highest BCUT2D eigenvalue weighted by atomic mass is 16.5. The van der Waals surface area contributed by atoms with Crippen LogP contribution in [-0.4, -0.2) is 29.9 Å². The summed E-state index contributed by atoms with van der Waals surface area (Å²) < 4.78 is 10.2. The van der Waals surface area contributed by atoms with E-state index in [-0.39, 0.29) is 24.2 Å². The van der Waals surface area contributed by atoms with Crippen molar-refractivity contribution < 1.29 is 19.2 Å². The Balaban J connectivity index is 2.04. The van der Waals surface area contributed by atoms with Gasteiger partial charge in [-0.3, -0.25) is 10.1 Å². The van der Waals surface area contributed by atoms with Gasteiger partial charge in [-0.15, -0.1) is 0 Å². The van der Waals surface area contributed by atoms with Crippen LogP contribution in [-0.2, 0) is 4.79 Å². The van der Waals surface area contributed by atoms with E-state index >= 15 is 0 Å². The molecule has 1 amide bonds. The van der Waals surface area contributed by atoms with E-state index in [0.717, 1.165) is 16.9 Å². The highest BCUT2D eigenvalue weighted by Gasteiger charge is 2.14. The summed E-state index contributed by atoms with van der Waals surface area (Å²) in [5.74, 6) is 0.748. The van der Waals surface area contributed by atoms with Crippen molar-refractivity contribution in [2.75, 3.05) is 19.0 Å². The minimum atomic E-state index is -0.532. The molecule has 9 heteroatoms. The van der Waals surface area contributed by atoms with Crippen LogP contribution in [0.15, 0.2) is 52.5 Å². The topological polar surface area (TPSA) is 149 Å². The van der Waals surface area contributed by atoms with Crippen LogP contribution in [0, 0.1) is 13.8 Å². The summed E-state index contributed by atoms with van der Waals surface area (Å²) in [5, 5.41) is 18.8. The van der Waals surface area contributed by atoms with Gasteiger partial charge in [0.1, 0.15) is 5.75 Å². The van der Waals surface area contributed by atoms with Crippen LogP contribution in [0.25, 0.3) is 0 Å². The van der Waals surface area contributed by atoms with Gasteiger partial charge in [0, 0.05) is 12.2 Å². The fourth-order valence-electron chi connectivity index (χ4n) is 2.50. The number of nitrogens with two attached hydrogens (primary N) is 2. The van der Waals surface area contributed by atoms with E-state index in [1.807, 2.05) is 24.3 Å². The third kappa shape index (κ3) is 6.01. The lowest BCUT2D eigenvalue weighted by atomic mass is 10.0. The van der Waals surface area contributed by atoms with E-state index in [0.29, 0.717) is 17.9 Å². The van der Waals surface area contributed by atoms with E-state index in [4.69, 9.17) is 20.7 Å². The number of carbonyl (C=O) groups excluding carboxylic acids is 1. The van der Waals surface area contributed by atoms with Gasteiger partial charge in [-0.1, -0.05) is 17.3 Å². The molecule has 2 aromatic rings. The number of aryl methyl sites for hydroxylation is 1. The molecule has 1 unspecified atom stereocenters. The molecule has 1 aromatic heterocycles. The van der Waals surface area contributed by atoms with Crippen LogP contribution in [0.3, 0.4) is 0 Å². The predicted octanol–water partition coefficient (Wildman–Crippen LogP) is 1.59. The Morgan fingerprint density at radius 1 is 1.28 bits per heavy atom. The van der Waals surface area contributed by atoms with Crippen LogP contribution < -0.4 is 26.8 Å². The van der Waals surface area contributed by atoms with E-state index in [2.05, 4.69) is 15.8 Å². The molecule has 0 bridgehead atoms. The molecule has 0 saturated heterocycles. The number of nitrogens with one attached hydrogen (secondary N) is 2. The molecule has 7 N–H and O–H groups in total. The predicted molar refractivity (Wildman–Crippen MR) is 110 cm³/mol. The van der Waals surface area contributed by atoms with Crippen LogP contribution in [0.1, 0.15) is 29.3 Å². The van der Waals surface area contributed by atoms with Gasteiger partial charge in [-0.05, 0) is 50.1 Å². The lowest BCUT2D eigenvalue weighted by Gasteiger charge is -2.19. The first kappa shape index (κ1) is 21.8. The van der Waals surface area contributed by atoms with Crippen molar-refractivity contribution >= 4 is 11.8 Å². The molecule has 0 saturated carbocycles. The first-order chi connectivity index (χ1) is 13.8. The number of hydrogen-bond donors (Lipinski definition) is 5. The summed E-state index contributed by atoms with van der Waals surface area (Å²) >= 11 is 0. The number of carbonyl (C=O) groups is 1. The highest BCUT2D eigenvalue weighted by Crippen LogP contribution is 2.21. The highest BCUT2D eigenvalue weighted by molar-refractivity contribution is 6.02. The average molecular weight is 401 g/mol. The Kier molecular flexibility index (Phi) is 7.67. The molecular formula is C20H27N5O4. The number of ether oxygens (including phenoxy) is 1. The Morgan fingerprint density at radius 3 is 2.52 bits per heavy atom. The lowest BCUT2D eigenvalue weighted by molar-refractivity contribution is -0.113. The van der Waals surface area contributed by atoms with E-state index < -0.39 is 5.91 Å². The SMILES string of the molecule is COc1ccc(C(CCO)N/C(N)=C/C=C(\N)C(=O)Nc2onc(C)c2C)cc1. The molecule has 1 heterocycles.